The SMILES string of the molecule is N[C@H](CCCc1cccnc1)C(=O)O. The van der Waals surface area contributed by atoms with Crippen LogP contribution in [-0.2, 0) is 11.2 Å². The van der Waals surface area contributed by atoms with Gasteiger partial charge in [-0.15, -0.1) is 0 Å². The minimum Gasteiger partial charge on any atom is -0.480 e. The van der Waals surface area contributed by atoms with Gasteiger partial charge in [-0.05, 0) is 30.9 Å². The fourth-order valence-electron chi connectivity index (χ4n) is 1.20. The average Bonchev–Trinajstić information content (AvgIpc) is 2.19. The summed E-state index contributed by atoms with van der Waals surface area (Å²) >= 11 is 0. The first kappa shape index (κ1) is 10.7. The molecule has 1 atom stereocenters. The lowest BCUT2D eigenvalue weighted by molar-refractivity contribution is -0.138. The highest BCUT2D eigenvalue weighted by Gasteiger charge is 2.09. The highest BCUT2D eigenvalue weighted by atomic mass is 16.4. The first-order chi connectivity index (χ1) is 6.70. The number of carboxylic acids is 1. The highest BCUT2D eigenvalue weighted by molar-refractivity contribution is 5.72. The maximum absolute atomic E-state index is 10.4. The van der Waals surface area contributed by atoms with Crippen LogP contribution in [0.1, 0.15) is 18.4 Å². The molecule has 0 radical (unpaired) electrons. The Balaban J connectivity index is 2.26. The molecule has 1 aromatic rings. The largest absolute Gasteiger partial charge is 0.480 e. The van der Waals surface area contributed by atoms with E-state index in [2.05, 4.69) is 4.98 Å². The van der Waals surface area contributed by atoms with E-state index in [9.17, 15) is 4.79 Å². The molecule has 0 saturated carbocycles. The number of nitrogens with two attached hydrogens (primary N) is 1. The van der Waals surface area contributed by atoms with E-state index >= 15 is 0 Å². The monoisotopic (exact) mass is 194 g/mol. The summed E-state index contributed by atoms with van der Waals surface area (Å²) in [5, 5.41) is 8.54. The summed E-state index contributed by atoms with van der Waals surface area (Å²) in [5.41, 5.74) is 6.48. The smallest absolute Gasteiger partial charge is 0.320 e. The number of hydrogen-bond acceptors (Lipinski definition) is 3. The second kappa shape index (κ2) is 5.34. The number of carbonyl (C=O) groups is 1. The Morgan fingerprint density at radius 2 is 2.43 bits per heavy atom. The predicted molar refractivity (Wildman–Crippen MR) is 52.8 cm³/mol. The highest BCUT2D eigenvalue weighted by Crippen LogP contribution is 2.04. The van der Waals surface area contributed by atoms with E-state index in [1.165, 1.54) is 0 Å². The molecule has 0 aliphatic heterocycles. The van der Waals surface area contributed by atoms with Gasteiger partial charge in [0.2, 0.25) is 0 Å². The summed E-state index contributed by atoms with van der Waals surface area (Å²) < 4.78 is 0. The number of nitrogens with zero attached hydrogens (tertiary/aromatic N) is 1. The second-order valence-electron chi connectivity index (χ2n) is 3.20. The van der Waals surface area contributed by atoms with Crippen LogP contribution >= 0.6 is 0 Å². The average molecular weight is 194 g/mol. The lowest BCUT2D eigenvalue weighted by Crippen LogP contribution is -2.29. The van der Waals surface area contributed by atoms with Crippen LogP contribution in [0.5, 0.6) is 0 Å². The second-order valence-corrected chi connectivity index (χ2v) is 3.20. The van der Waals surface area contributed by atoms with Gasteiger partial charge in [-0.1, -0.05) is 6.07 Å². The van der Waals surface area contributed by atoms with Gasteiger partial charge in [-0.25, -0.2) is 0 Å². The number of pyridine rings is 1. The molecule has 0 fully saturated rings. The Kier molecular flexibility index (Phi) is 4.07. The molecule has 1 rings (SSSR count). The van der Waals surface area contributed by atoms with Crippen molar-refractivity contribution in [3.8, 4) is 0 Å². The van der Waals surface area contributed by atoms with Crippen molar-refractivity contribution in [2.75, 3.05) is 0 Å². The number of aryl methyl sites for hydroxylation is 1. The van der Waals surface area contributed by atoms with Crippen molar-refractivity contribution >= 4 is 5.97 Å². The zero-order valence-corrected chi connectivity index (χ0v) is 7.89. The Bertz CT molecular complexity index is 287. The van der Waals surface area contributed by atoms with Gasteiger partial charge in [-0.3, -0.25) is 9.78 Å². The van der Waals surface area contributed by atoms with Crippen molar-refractivity contribution in [2.24, 2.45) is 5.73 Å². The van der Waals surface area contributed by atoms with Crippen molar-refractivity contribution in [1.29, 1.82) is 0 Å². The van der Waals surface area contributed by atoms with Crippen molar-refractivity contribution < 1.29 is 9.90 Å². The van der Waals surface area contributed by atoms with Crippen LogP contribution in [0.25, 0.3) is 0 Å². The zero-order valence-electron chi connectivity index (χ0n) is 7.89. The van der Waals surface area contributed by atoms with Gasteiger partial charge in [0.15, 0.2) is 0 Å². The number of hydrogen-bond donors (Lipinski definition) is 2. The number of aliphatic carboxylic acids is 1. The van der Waals surface area contributed by atoms with E-state index in [4.69, 9.17) is 10.8 Å². The molecular weight excluding hydrogens is 180 g/mol. The third-order valence-electron chi connectivity index (χ3n) is 2.02. The molecule has 4 heteroatoms. The number of rotatable bonds is 5. The molecular formula is C10H14N2O2. The molecule has 0 unspecified atom stereocenters. The molecule has 1 heterocycles. The molecule has 0 aromatic carbocycles. The quantitative estimate of drug-likeness (QED) is 0.727. The van der Waals surface area contributed by atoms with Crippen molar-refractivity contribution in [1.82, 2.24) is 4.98 Å². The van der Waals surface area contributed by atoms with Crippen molar-refractivity contribution in [3.05, 3.63) is 30.1 Å². The van der Waals surface area contributed by atoms with Gasteiger partial charge in [0.05, 0.1) is 0 Å². The first-order valence-electron chi connectivity index (χ1n) is 4.57. The Morgan fingerprint density at radius 3 is 3.00 bits per heavy atom. The van der Waals surface area contributed by atoms with Crippen LogP contribution in [0.3, 0.4) is 0 Å². The minimum atomic E-state index is -0.934. The molecule has 0 aliphatic carbocycles. The van der Waals surface area contributed by atoms with Crippen LogP contribution in [0.4, 0.5) is 0 Å². The van der Waals surface area contributed by atoms with Crippen LogP contribution in [0.2, 0.25) is 0 Å². The topological polar surface area (TPSA) is 76.2 Å². The lowest BCUT2D eigenvalue weighted by Gasteiger charge is -2.05. The Labute approximate surface area is 82.8 Å². The predicted octanol–water partition coefficient (Wildman–Crippen LogP) is 0.816. The fourth-order valence-corrected chi connectivity index (χ4v) is 1.20. The Hall–Kier alpha value is -1.42. The van der Waals surface area contributed by atoms with E-state index in [0.29, 0.717) is 6.42 Å². The van der Waals surface area contributed by atoms with Crippen LogP contribution in [0, 0.1) is 0 Å². The van der Waals surface area contributed by atoms with Gasteiger partial charge in [0.25, 0.3) is 0 Å². The molecule has 14 heavy (non-hydrogen) atoms. The zero-order chi connectivity index (χ0) is 10.4. The van der Waals surface area contributed by atoms with Gasteiger partial charge < -0.3 is 10.8 Å². The van der Waals surface area contributed by atoms with Crippen molar-refractivity contribution in [2.45, 2.75) is 25.3 Å². The van der Waals surface area contributed by atoms with Crippen LogP contribution in [-0.4, -0.2) is 22.1 Å². The number of aromatic nitrogens is 1. The summed E-state index contributed by atoms with van der Waals surface area (Å²) in [6, 6.07) is 3.10. The molecule has 1 aromatic heterocycles. The van der Waals surface area contributed by atoms with Gasteiger partial charge >= 0.3 is 5.97 Å². The summed E-state index contributed by atoms with van der Waals surface area (Å²) in [7, 11) is 0. The summed E-state index contributed by atoms with van der Waals surface area (Å²) in [4.78, 5) is 14.4. The molecule has 0 amide bonds. The third kappa shape index (κ3) is 3.53. The molecule has 3 N–H and O–H groups in total. The summed E-state index contributed by atoms with van der Waals surface area (Å²) in [5.74, 6) is -0.934. The van der Waals surface area contributed by atoms with Crippen LogP contribution in [0.15, 0.2) is 24.5 Å². The maximum atomic E-state index is 10.4. The van der Waals surface area contributed by atoms with Gasteiger partial charge in [-0.2, -0.15) is 0 Å². The molecule has 0 bridgehead atoms. The molecule has 0 saturated heterocycles. The van der Waals surface area contributed by atoms with Crippen molar-refractivity contribution in [3.63, 3.8) is 0 Å². The van der Waals surface area contributed by atoms with Gasteiger partial charge in [0.1, 0.15) is 6.04 Å². The summed E-state index contributed by atoms with van der Waals surface area (Å²) in [6.45, 7) is 0. The maximum Gasteiger partial charge on any atom is 0.320 e. The molecule has 0 spiro atoms. The minimum absolute atomic E-state index is 0.504. The molecule has 4 nitrogen and oxygen atoms in total. The van der Waals surface area contributed by atoms with E-state index in [-0.39, 0.29) is 0 Å². The Morgan fingerprint density at radius 1 is 1.64 bits per heavy atom. The van der Waals surface area contributed by atoms with E-state index in [0.717, 1.165) is 18.4 Å². The van der Waals surface area contributed by atoms with Crippen LogP contribution < -0.4 is 5.73 Å². The first-order valence-corrected chi connectivity index (χ1v) is 4.57. The van der Waals surface area contributed by atoms with E-state index < -0.39 is 12.0 Å². The third-order valence-corrected chi connectivity index (χ3v) is 2.02. The standard InChI is InChI=1S/C10H14N2O2/c11-9(10(13)14)5-1-3-8-4-2-6-12-7-8/h2,4,6-7,9H,1,3,5,11H2,(H,13,14)/t9-/m1/s1. The number of carboxylic acid groups (broad SMARTS) is 1. The van der Waals surface area contributed by atoms with E-state index in [1.54, 1.807) is 12.4 Å². The fraction of sp³-hybridized carbons (Fsp3) is 0.400. The van der Waals surface area contributed by atoms with Gasteiger partial charge in [0, 0.05) is 12.4 Å². The lowest BCUT2D eigenvalue weighted by atomic mass is 10.1. The van der Waals surface area contributed by atoms with E-state index in [1.807, 2.05) is 12.1 Å². The molecule has 76 valence electrons. The molecule has 0 aliphatic rings. The normalized spacial score (nSPS) is 12.4. The summed E-state index contributed by atoms with van der Waals surface area (Å²) in [6.07, 6.45) is 5.61.